The van der Waals surface area contributed by atoms with Crippen LogP contribution in [0.3, 0.4) is 0 Å². The zero-order valence-corrected chi connectivity index (χ0v) is 10.8. The zero-order chi connectivity index (χ0) is 11.3. The molecule has 1 N–H and O–H groups in total. The molecule has 0 bridgehead atoms. The smallest absolute Gasteiger partial charge is 0.103 e. The van der Waals surface area contributed by atoms with E-state index in [1.165, 1.54) is 5.19 Å². The largest absolute Gasteiger partial charge is 0.389 e. The average Bonchev–Trinajstić information content (AvgIpc) is 2.27. The molecule has 15 heavy (non-hydrogen) atoms. The summed E-state index contributed by atoms with van der Waals surface area (Å²) in [5.74, 6) is 0. The maximum absolute atomic E-state index is 9.50. The quantitative estimate of drug-likeness (QED) is 0.773. The van der Waals surface area contributed by atoms with Crippen LogP contribution in [-0.4, -0.2) is 19.3 Å². The van der Waals surface area contributed by atoms with Crippen molar-refractivity contribution in [3.05, 3.63) is 42.1 Å². The lowest BCUT2D eigenvalue weighted by atomic mass is 10.3. The van der Waals surface area contributed by atoms with E-state index in [0.717, 1.165) is 6.42 Å². The number of aliphatic hydroxyl groups is 1. The third kappa shape index (κ3) is 3.65. The number of aliphatic hydroxyl groups excluding tert-OH is 1. The molecule has 1 atom stereocenters. The third-order valence-electron chi connectivity index (χ3n) is 2.67. The van der Waals surface area contributed by atoms with Crippen molar-refractivity contribution in [3.8, 4) is 0 Å². The Balaban J connectivity index is 2.80. The van der Waals surface area contributed by atoms with E-state index in [0.29, 0.717) is 0 Å². The van der Waals surface area contributed by atoms with Gasteiger partial charge in [0.2, 0.25) is 0 Å². The number of hydrogen-bond acceptors (Lipinski definition) is 1. The fraction of sp³-hybridized carbons (Fsp3) is 0.385. The van der Waals surface area contributed by atoms with E-state index < -0.39 is 8.07 Å². The Hall–Kier alpha value is -0.863. The first-order valence-electron chi connectivity index (χ1n) is 5.49. The first kappa shape index (κ1) is 12.2. The van der Waals surface area contributed by atoms with Crippen molar-refractivity contribution in [1.29, 1.82) is 0 Å². The molecule has 2 heteroatoms. The van der Waals surface area contributed by atoms with Gasteiger partial charge in [0.25, 0.3) is 0 Å². The van der Waals surface area contributed by atoms with Gasteiger partial charge in [-0.2, -0.15) is 0 Å². The van der Waals surface area contributed by atoms with Gasteiger partial charge in [0.05, 0.1) is 6.10 Å². The van der Waals surface area contributed by atoms with Crippen molar-refractivity contribution in [3.63, 3.8) is 0 Å². The molecular weight excluding hydrogens is 200 g/mol. The second-order valence-corrected chi connectivity index (χ2v) is 8.78. The maximum atomic E-state index is 9.50. The molecule has 0 spiro atoms. The Morgan fingerprint density at radius 2 is 1.87 bits per heavy atom. The summed E-state index contributed by atoms with van der Waals surface area (Å²) in [6.07, 6.45) is 2.44. The van der Waals surface area contributed by atoms with Crippen LogP contribution < -0.4 is 5.19 Å². The standard InChI is InChI=1S/C13H20OSi/c1-4-12(14)10-11-15(2,3)13-8-6-5-7-9-13/h5-12,14H,4H2,1-3H3/b11-10+/t12-/m1/s1. The summed E-state index contributed by atoms with van der Waals surface area (Å²) >= 11 is 0. The Bertz CT molecular complexity index is 317. The Morgan fingerprint density at radius 1 is 1.27 bits per heavy atom. The second-order valence-electron chi connectivity index (χ2n) is 4.42. The lowest BCUT2D eigenvalue weighted by Gasteiger charge is -2.18. The van der Waals surface area contributed by atoms with Crippen molar-refractivity contribution < 1.29 is 5.11 Å². The van der Waals surface area contributed by atoms with Crippen LogP contribution in [0.15, 0.2) is 42.1 Å². The van der Waals surface area contributed by atoms with E-state index >= 15 is 0 Å². The molecule has 1 aromatic carbocycles. The van der Waals surface area contributed by atoms with Crippen molar-refractivity contribution in [2.45, 2.75) is 32.5 Å². The first-order chi connectivity index (χ1) is 7.06. The van der Waals surface area contributed by atoms with Crippen LogP contribution in [0.2, 0.25) is 13.1 Å². The molecule has 1 rings (SSSR count). The molecule has 0 aliphatic carbocycles. The molecule has 0 saturated heterocycles. The van der Waals surface area contributed by atoms with E-state index in [-0.39, 0.29) is 6.10 Å². The molecule has 82 valence electrons. The summed E-state index contributed by atoms with van der Waals surface area (Å²) in [7, 11) is -1.50. The molecule has 0 aliphatic rings. The fourth-order valence-corrected chi connectivity index (χ4v) is 3.40. The minimum atomic E-state index is -1.50. The van der Waals surface area contributed by atoms with Gasteiger partial charge in [0, 0.05) is 0 Å². The summed E-state index contributed by atoms with van der Waals surface area (Å²) in [5.41, 5.74) is 2.22. The van der Waals surface area contributed by atoms with E-state index in [4.69, 9.17) is 0 Å². The molecule has 0 amide bonds. The monoisotopic (exact) mass is 220 g/mol. The highest BCUT2D eigenvalue weighted by molar-refractivity contribution is 6.93. The van der Waals surface area contributed by atoms with Crippen LogP contribution in [0.4, 0.5) is 0 Å². The molecule has 0 heterocycles. The predicted octanol–water partition coefficient (Wildman–Crippen LogP) is 2.47. The lowest BCUT2D eigenvalue weighted by molar-refractivity contribution is 0.219. The maximum Gasteiger partial charge on any atom is 0.103 e. The van der Waals surface area contributed by atoms with Crippen LogP contribution >= 0.6 is 0 Å². The normalized spacial score (nSPS) is 14.4. The number of rotatable bonds is 4. The lowest BCUT2D eigenvalue weighted by Crippen LogP contribution is -2.39. The van der Waals surface area contributed by atoms with Crippen LogP contribution in [0.5, 0.6) is 0 Å². The van der Waals surface area contributed by atoms with E-state index in [2.05, 4.69) is 43.1 Å². The number of hydrogen-bond donors (Lipinski definition) is 1. The van der Waals surface area contributed by atoms with Crippen LogP contribution in [-0.2, 0) is 0 Å². The van der Waals surface area contributed by atoms with Crippen molar-refractivity contribution in [2.24, 2.45) is 0 Å². The fourth-order valence-electron chi connectivity index (χ4n) is 1.45. The molecular formula is C13H20OSi. The van der Waals surface area contributed by atoms with Gasteiger partial charge in [-0.3, -0.25) is 0 Å². The van der Waals surface area contributed by atoms with Crippen molar-refractivity contribution in [2.75, 3.05) is 0 Å². The highest BCUT2D eigenvalue weighted by atomic mass is 28.3. The van der Waals surface area contributed by atoms with Gasteiger partial charge in [-0.15, -0.1) is 0 Å². The Labute approximate surface area is 93.5 Å². The van der Waals surface area contributed by atoms with Crippen molar-refractivity contribution in [1.82, 2.24) is 0 Å². The zero-order valence-electron chi connectivity index (χ0n) is 9.77. The molecule has 0 radical (unpaired) electrons. The average molecular weight is 220 g/mol. The van der Waals surface area contributed by atoms with Gasteiger partial charge in [-0.25, -0.2) is 0 Å². The number of benzene rings is 1. The molecule has 0 fully saturated rings. The summed E-state index contributed by atoms with van der Waals surface area (Å²) in [5, 5.41) is 10.9. The van der Waals surface area contributed by atoms with Crippen LogP contribution in [0, 0.1) is 0 Å². The van der Waals surface area contributed by atoms with Gasteiger partial charge in [0.1, 0.15) is 8.07 Å². The van der Waals surface area contributed by atoms with Crippen LogP contribution in [0.1, 0.15) is 13.3 Å². The van der Waals surface area contributed by atoms with E-state index in [1.807, 2.05) is 19.1 Å². The summed E-state index contributed by atoms with van der Waals surface area (Å²) < 4.78 is 0. The van der Waals surface area contributed by atoms with Gasteiger partial charge in [-0.1, -0.05) is 67.3 Å². The summed E-state index contributed by atoms with van der Waals surface area (Å²) in [6, 6.07) is 10.5. The SMILES string of the molecule is CC[C@@H](O)/C=C/[Si](C)(C)c1ccccc1. The summed E-state index contributed by atoms with van der Waals surface area (Å²) in [4.78, 5) is 0. The molecule has 0 aromatic heterocycles. The molecule has 0 unspecified atom stereocenters. The molecule has 0 aliphatic heterocycles. The molecule has 1 aromatic rings. The van der Waals surface area contributed by atoms with Gasteiger partial charge < -0.3 is 5.11 Å². The van der Waals surface area contributed by atoms with Gasteiger partial charge in [-0.05, 0) is 6.42 Å². The van der Waals surface area contributed by atoms with E-state index in [9.17, 15) is 5.11 Å². The minimum absolute atomic E-state index is 0.291. The van der Waals surface area contributed by atoms with Gasteiger partial charge in [0.15, 0.2) is 0 Å². The van der Waals surface area contributed by atoms with Crippen LogP contribution in [0.25, 0.3) is 0 Å². The molecule has 0 saturated carbocycles. The van der Waals surface area contributed by atoms with Gasteiger partial charge >= 0.3 is 0 Å². The second kappa shape index (κ2) is 5.28. The predicted molar refractivity (Wildman–Crippen MR) is 69.0 cm³/mol. The molecule has 1 nitrogen and oxygen atoms in total. The van der Waals surface area contributed by atoms with Crippen molar-refractivity contribution >= 4 is 13.3 Å². The van der Waals surface area contributed by atoms with E-state index in [1.54, 1.807) is 0 Å². The third-order valence-corrected chi connectivity index (χ3v) is 5.52. The Kier molecular flexibility index (Phi) is 4.30. The minimum Gasteiger partial charge on any atom is -0.389 e. The Morgan fingerprint density at radius 3 is 2.40 bits per heavy atom. The summed E-state index contributed by atoms with van der Waals surface area (Å²) in [6.45, 7) is 6.58. The highest BCUT2D eigenvalue weighted by Crippen LogP contribution is 2.06. The first-order valence-corrected chi connectivity index (χ1v) is 8.57. The highest BCUT2D eigenvalue weighted by Gasteiger charge is 2.19. The topological polar surface area (TPSA) is 20.2 Å².